The number of aliphatic hydroxyl groups is 6. The van der Waals surface area contributed by atoms with Gasteiger partial charge in [0.1, 0.15) is 0 Å². The summed E-state index contributed by atoms with van der Waals surface area (Å²) in [5.74, 6) is 0. The van der Waals surface area contributed by atoms with Crippen LogP contribution in [0.1, 0.15) is 119 Å². The maximum absolute atomic E-state index is 8.07. The first-order valence-electron chi connectivity index (χ1n) is 12.1. The Balaban J connectivity index is -0.0000000213. The minimum absolute atomic E-state index is 0. The third-order valence-electron chi connectivity index (χ3n) is 3.07. The summed E-state index contributed by atoms with van der Waals surface area (Å²) in [4.78, 5) is 0. The first-order valence-corrected chi connectivity index (χ1v) is 12.1. The van der Waals surface area contributed by atoms with Gasteiger partial charge in [-0.15, -0.1) is 0 Å². The number of unbranched alkanes of at least 4 members (excludes halogenated alkanes) is 6. The van der Waals surface area contributed by atoms with E-state index >= 15 is 0 Å². The molecule has 11 heteroatoms. The second kappa shape index (κ2) is 110. The van der Waals surface area contributed by atoms with Gasteiger partial charge in [-0.25, -0.2) is 0 Å². The molecule has 0 spiro atoms. The van der Waals surface area contributed by atoms with Gasteiger partial charge in [-0.1, -0.05) is 80.1 Å². The van der Waals surface area contributed by atoms with Gasteiger partial charge in [0.05, 0.1) is 0 Å². The molecule has 0 heterocycles. The molecule has 0 bridgehead atoms. The quantitative estimate of drug-likeness (QED) is 0.183. The van der Waals surface area contributed by atoms with Crippen molar-refractivity contribution < 1.29 is 85.0 Å². The van der Waals surface area contributed by atoms with E-state index in [9.17, 15) is 0 Å². The predicted octanol–water partition coefficient (Wildman–Crippen LogP) is 3.93. The summed E-state index contributed by atoms with van der Waals surface area (Å²) in [6, 6.07) is 0. The zero-order chi connectivity index (χ0) is 24.7. The fourth-order valence-electron chi connectivity index (χ4n) is 0.949. The van der Waals surface area contributed by atoms with E-state index in [2.05, 4.69) is 41.5 Å². The molecule has 0 aromatic carbocycles. The minimum atomic E-state index is 0. The molecule has 8 N–H and O–H groups in total. The Bertz CT molecular complexity index is 135. The summed E-state index contributed by atoms with van der Waals surface area (Å²) in [6.45, 7) is 14.4. The van der Waals surface area contributed by atoms with Crippen LogP contribution in [0.25, 0.3) is 0 Å². The van der Waals surface area contributed by atoms with E-state index in [0.717, 1.165) is 77.0 Å². The summed E-state index contributed by atoms with van der Waals surface area (Å²) >= 11 is 0. The van der Waals surface area contributed by atoms with Crippen molar-refractivity contribution in [2.45, 2.75) is 119 Å². The van der Waals surface area contributed by atoms with Crippen molar-refractivity contribution in [2.24, 2.45) is 0 Å². The van der Waals surface area contributed by atoms with Crippen LogP contribution in [0, 0.1) is 0 Å². The molecular formula is C24H62MgO8Ti2. The molecule has 0 unspecified atom stereocenters. The van der Waals surface area contributed by atoms with Gasteiger partial charge < -0.3 is 41.6 Å². The minimum Gasteiger partial charge on any atom is -0.870 e. The van der Waals surface area contributed by atoms with E-state index < -0.39 is 0 Å². The Labute approximate surface area is 264 Å². The molecule has 0 amide bonds. The molecule has 8 nitrogen and oxygen atoms in total. The van der Waals surface area contributed by atoms with Crippen LogP contribution in [0.2, 0.25) is 0 Å². The van der Waals surface area contributed by atoms with Crippen LogP contribution in [0.4, 0.5) is 0 Å². The van der Waals surface area contributed by atoms with Crippen LogP contribution in [0.3, 0.4) is 0 Å². The van der Waals surface area contributed by atoms with Crippen LogP contribution in [-0.4, -0.2) is 104 Å². The van der Waals surface area contributed by atoms with E-state index in [-0.39, 0.29) is 77.4 Å². The SMILES string of the molecule is CCCCO.CCCCO.CCCCO.CCCCO.CCCCO.CCCCO.[Mg+2].[OH-].[OH-].[Ti].[Ti]. The van der Waals surface area contributed by atoms with E-state index in [1.54, 1.807) is 0 Å². The molecule has 0 saturated heterocycles. The fraction of sp³-hybridized carbons (Fsp3) is 1.00. The monoisotopic (exact) mass is 598 g/mol. The second-order valence-electron chi connectivity index (χ2n) is 6.46. The van der Waals surface area contributed by atoms with Gasteiger partial charge in [0, 0.05) is 83.1 Å². The molecule has 0 aromatic rings. The van der Waals surface area contributed by atoms with Crippen molar-refractivity contribution in [1.29, 1.82) is 0 Å². The van der Waals surface area contributed by atoms with Crippen molar-refractivity contribution in [3.8, 4) is 0 Å². The molecule has 0 rings (SSSR count). The first kappa shape index (κ1) is 70.9. The second-order valence-corrected chi connectivity index (χ2v) is 6.46. The predicted molar refractivity (Wildman–Crippen MR) is 142 cm³/mol. The van der Waals surface area contributed by atoms with Gasteiger partial charge in [0.25, 0.3) is 0 Å². The summed E-state index contributed by atoms with van der Waals surface area (Å²) in [5, 5.41) is 48.4. The van der Waals surface area contributed by atoms with Crippen molar-refractivity contribution in [3.63, 3.8) is 0 Å². The Hall–Kier alpha value is 1.87. The molecule has 0 fully saturated rings. The molecule has 0 aromatic heterocycles. The maximum atomic E-state index is 8.07. The third kappa shape index (κ3) is 214. The number of aliphatic hydroxyl groups excluding tert-OH is 6. The van der Waals surface area contributed by atoms with Crippen molar-refractivity contribution in [3.05, 3.63) is 0 Å². The van der Waals surface area contributed by atoms with Crippen LogP contribution in [0.5, 0.6) is 0 Å². The Morgan fingerprint density at radius 3 is 0.400 bits per heavy atom. The van der Waals surface area contributed by atoms with E-state index in [1.165, 1.54) is 0 Å². The topological polar surface area (TPSA) is 181 Å². The van der Waals surface area contributed by atoms with Gasteiger partial charge in [0.2, 0.25) is 0 Å². The molecule has 0 radical (unpaired) electrons. The van der Waals surface area contributed by atoms with Crippen LogP contribution in [-0.2, 0) is 43.4 Å². The standard InChI is InChI=1S/6C4H10O.Mg.2H2O.2Ti/c6*1-2-3-4-5;;;;;/h6*5H,2-4H2,1H3;;2*1H2;;/q;;;;;;+2;;;;/p-2. The molecule has 0 aliphatic heterocycles. The molecule has 216 valence electrons. The van der Waals surface area contributed by atoms with Crippen LogP contribution in [0.15, 0.2) is 0 Å². The normalized spacial score (nSPS) is 7.20. The van der Waals surface area contributed by atoms with Gasteiger partial charge in [0.15, 0.2) is 0 Å². The summed E-state index contributed by atoms with van der Waals surface area (Å²) in [7, 11) is 0. The molecule has 0 atom stereocenters. The van der Waals surface area contributed by atoms with Crippen molar-refractivity contribution >= 4 is 23.1 Å². The Morgan fingerprint density at radius 2 is 0.400 bits per heavy atom. The smallest absolute Gasteiger partial charge is 0.870 e. The van der Waals surface area contributed by atoms with Gasteiger partial charge >= 0.3 is 23.1 Å². The van der Waals surface area contributed by atoms with Crippen molar-refractivity contribution in [1.82, 2.24) is 0 Å². The summed E-state index contributed by atoms with van der Waals surface area (Å²) in [5.41, 5.74) is 0. The summed E-state index contributed by atoms with van der Waals surface area (Å²) < 4.78 is 0. The average Bonchev–Trinajstić information content (AvgIpc) is 2.74. The molecule has 0 saturated carbocycles. The van der Waals surface area contributed by atoms with Gasteiger partial charge in [-0.2, -0.15) is 0 Å². The van der Waals surface area contributed by atoms with Gasteiger partial charge in [-0.05, 0) is 38.5 Å². The average molecular weight is 599 g/mol. The maximum Gasteiger partial charge on any atom is 2.00 e. The fourth-order valence-corrected chi connectivity index (χ4v) is 0.949. The Kier molecular flexibility index (Phi) is 224. The van der Waals surface area contributed by atoms with Crippen molar-refractivity contribution in [2.75, 3.05) is 39.6 Å². The first-order chi connectivity index (χ1) is 14.5. The third-order valence-corrected chi connectivity index (χ3v) is 3.07. The zero-order valence-electron chi connectivity index (χ0n) is 24.0. The molecular weight excluding hydrogens is 536 g/mol. The largest absolute Gasteiger partial charge is 2.00 e. The molecule has 0 aliphatic rings. The van der Waals surface area contributed by atoms with E-state index in [0.29, 0.717) is 39.6 Å². The van der Waals surface area contributed by atoms with Crippen LogP contribution < -0.4 is 0 Å². The number of hydrogen-bond donors (Lipinski definition) is 6. The van der Waals surface area contributed by atoms with Crippen LogP contribution >= 0.6 is 0 Å². The molecule has 0 aliphatic carbocycles. The summed E-state index contributed by atoms with van der Waals surface area (Å²) in [6.07, 6.45) is 12.2. The number of hydrogen-bond acceptors (Lipinski definition) is 8. The zero-order valence-corrected chi connectivity index (χ0v) is 28.6. The Morgan fingerprint density at radius 1 is 0.314 bits per heavy atom. The number of rotatable bonds is 12. The van der Waals surface area contributed by atoms with E-state index in [1.807, 2.05) is 0 Å². The van der Waals surface area contributed by atoms with Gasteiger partial charge in [-0.3, -0.25) is 0 Å². The van der Waals surface area contributed by atoms with E-state index in [4.69, 9.17) is 30.6 Å². The molecule has 35 heavy (non-hydrogen) atoms.